The molecule has 1 aliphatic rings. The lowest BCUT2D eigenvalue weighted by Crippen LogP contribution is -2.29. The number of hydrogen-bond acceptors (Lipinski definition) is 1. The molecule has 1 saturated heterocycles. The maximum atomic E-state index is 12.9. The van der Waals surface area contributed by atoms with Gasteiger partial charge < -0.3 is 0 Å². The zero-order chi connectivity index (χ0) is 10.7. The third kappa shape index (κ3) is 3.42. The quantitative estimate of drug-likeness (QED) is 0.775. The topological polar surface area (TPSA) is 3.24 Å². The molecule has 0 aromatic heterocycles. The molecule has 4 heteroatoms. The number of benzene rings is 1. The lowest BCUT2D eigenvalue weighted by molar-refractivity contribution is 0.220. The van der Waals surface area contributed by atoms with Crippen LogP contribution in [0.3, 0.4) is 0 Å². The Balaban J connectivity index is 0.00000128. The zero-order valence-corrected chi connectivity index (χ0v) is 9.90. The Bertz CT molecular complexity index is 338. The smallest absolute Gasteiger partial charge is 0.159 e. The second-order valence-electron chi connectivity index (χ2n) is 4.09. The number of likely N-dealkylation sites (tertiary alicyclic amines) is 1. The molecule has 16 heavy (non-hydrogen) atoms. The van der Waals surface area contributed by atoms with E-state index in [9.17, 15) is 8.78 Å². The largest absolute Gasteiger partial charge is 0.299 e. The van der Waals surface area contributed by atoms with Crippen LogP contribution in [0.15, 0.2) is 18.2 Å². The van der Waals surface area contributed by atoms with Crippen LogP contribution >= 0.6 is 12.4 Å². The maximum Gasteiger partial charge on any atom is 0.159 e. The lowest BCUT2D eigenvalue weighted by Gasteiger charge is -2.26. The van der Waals surface area contributed by atoms with Crippen molar-refractivity contribution in [3.8, 4) is 0 Å². The first-order valence-corrected chi connectivity index (χ1v) is 5.42. The van der Waals surface area contributed by atoms with E-state index >= 15 is 0 Å². The van der Waals surface area contributed by atoms with Gasteiger partial charge in [0.1, 0.15) is 0 Å². The van der Waals surface area contributed by atoms with Crippen LogP contribution in [0.2, 0.25) is 0 Å². The van der Waals surface area contributed by atoms with Gasteiger partial charge in [-0.1, -0.05) is 12.5 Å². The van der Waals surface area contributed by atoms with Gasteiger partial charge in [-0.15, -0.1) is 12.4 Å². The summed E-state index contributed by atoms with van der Waals surface area (Å²) in [5.74, 6) is -1.51. The first-order valence-electron chi connectivity index (χ1n) is 5.42. The Labute approximate surface area is 101 Å². The third-order valence-electron chi connectivity index (χ3n) is 2.84. The van der Waals surface area contributed by atoms with Crippen molar-refractivity contribution in [1.82, 2.24) is 4.90 Å². The van der Waals surface area contributed by atoms with E-state index in [0.29, 0.717) is 0 Å². The van der Waals surface area contributed by atoms with Crippen LogP contribution < -0.4 is 0 Å². The molecule has 0 spiro atoms. The van der Waals surface area contributed by atoms with Crippen molar-refractivity contribution < 1.29 is 8.78 Å². The highest BCUT2D eigenvalue weighted by atomic mass is 35.5. The van der Waals surface area contributed by atoms with Gasteiger partial charge in [0.25, 0.3) is 0 Å². The SMILES string of the molecule is Cl.Fc1ccc(CN2CCCCC2)cc1F. The van der Waals surface area contributed by atoms with E-state index in [2.05, 4.69) is 4.90 Å². The monoisotopic (exact) mass is 247 g/mol. The van der Waals surface area contributed by atoms with Crippen LogP contribution in [0.25, 0.3) is 0 Å². The molecule has 0 saturated carbocycles. The van der Waals surface area contributed by atoms with Crippen LogP contribution in [-0.2, 0) is 6.54 Å². The van der Waals surface area contributed by atoms with E-state index in [1.807, 2.05) is 0 Å². The van der Waals surface area contributed by atoms with Crippen molar-refractivity contribution in [3.63, 3.8) is 0 Å². The van der Waals surface area contributed by atoms with Crippen molar-refractivity contribution in [3.05, 3.63) is 35.4 Å². The average molecular weight is 248 g/mol. The van der Waals surface area contributed by atoms with E-state index in [-0.39, 0.29) is 12.4 Å². The highest BCUT2D eigenvalue weighted by molar-refractivity contribution is 5.85. The summed E-state index contributed by atoms with van der Waals surface area (Å²) in [7, 11) is 0. The predicted molar refractivity (Wildman–Crippen MR) is 62.7 cm³/mol. The maximum absolute atomic E-state index is 12.9. The van der Waals surface area contributed by atoms with E-state index in [0.717, 1.165) is 25.2 Å². The molecule has 1 aliphatic heterocycles. The van der Waals surface area contributed by atoms with Crippen molar-refractivity contribution >= 4 is 12.4 Å². The van der Waals surface area contributed by atoms with Gasteiger partial charge in [-0.3, -0.25) is 4.90 Å². The van der Waals surface area contributed by atoms with Crippen LogP contribution in [0.1, 0.15) is 24.8 Å². The molecule has 0 unspecified atom stereocenters. The van der Waals surface area contributed by atoms with E-state index in [1.54, 1.807) is 6.07 Å². The molecule has 2 rings (SSSR count). The summed E-state index contributed by atoms with van der Waals surface area (Å²) >= 11 is 0. The number of nitrogens with zero attached hydrogens (tertiary/aromatic N) is 1. The molecule has 1 aromatic carbocycles. The number of halogens is 3. The van der Waals surface area contributed by atoms with Gasteiger partial charge in [0.15, 0.2) is 11.6 Å². The van der Waals surface area contributed by atoms with Crippen molar-refractivity contribution in [2.75, 3.05) is 13.1 Å². The first kappa shape index (κ1) is 13.4. The van der Waals surface area contributed by atoms with Gasteiger partial charge in [0, 0.05) is 6.54 Å². The summed E-state index contributed by atoms with van der Waals surface area (Å²) in [6.45, 7) is 2.87. The molecule has 0 bridgehead atoms. The zero-order valence-electron chi connectivity index (χ0n) is 9.09. The van der Waals surface area contributed by atoms with Crippen LogP contribution in [0.4, 0.5) is 8.78 Å². The second kappa shape index (κ2) is 6.16. The average Bonchev–Trinajstić information content (AvgIpc) is 2.25. The lowest BCUT2D eigenvalue weighted by atomic mass is 10.1. The molecular weight excluding hydrogens is 232 g/mol. The summed E-state index contributed by atoms with van der Waals surface area (Å²) < 4.78 is 25.6. The minimum atomic E-state index is -0.766. The molecule has 1 heterocycles. The summed E-state index contributed by atoms with van der Waals surface area (Å²) in [5, 5.41) is 0. The molecule has 0 amide bonds. The highest BCUT2D eigenvalue weighted by Gasteiger charge is 2.11. The van der Waals surface area contributed by atoms with Gasteiger partial charge in [-0.2, -0.15) is 0 Å². The minimum absolute atomic E-state index is 0. The van der Waals surface area contributed by atoms with Crippen molar-refractivity contribution in [1.29, 1.82) is 0 Å². The van der Waals surface area contributed by atoms with Gasteiger partial charge in [0.2, 0.25) is 0 Å². The number of piperidine rings is 1. The van der Waals surface area contributed by atoms with Crippen molar-refractivity contribution in [2.24, 2.45) is 0 Å². The predicted octanol–water partition coefficient (Wildman–Crippen LogP) is 3.37. The van der Waals surface area contributed by atoms with Gasteiger partial charge >= 0.3 is 0 Å². The fourth-order valence-electron chi connectivity index (χ4n) is 2.01. The van der Waals surface area contributed by atoms with E-state index in [1.165, 1.54) is 31.4 Å². The Kier molecular flexibility index (Phi) is 5.16. The molecule has 0 N–H and O–H groups in total. The summed E-state index contributed by atoms with van der Waals surface area (Å²) in [5.41, 5.74) is 0.857. The fourth-order valence-corrected chi connectivity index (χ4v) is 2.01. The van der Waals surface area contributed by atoms with Crippen molar-refractivity contribution in [2.45, 2.75) is 25.8 Å². The molecule has 1 nitrogen and oxygen atoms in total. The van der Waals surface area contributed by atoms with Crippen LogP contribution in [0.5, 0.6) is 0 Å². The summed E-state index contributed by atoms with van der Waals surface area (Å²) in [6.07, 6.45) is 3.71. The highest BCUT2D eigenvalue weighted by Crippen LogP contribution is 2.14. The molecular formula is C12H16ClF2N. The molecule has 0 aliphatic carbocycles. The van der Waals surface area contributed by atoms with Gasteiger partial charge in [-0.05, 0) is 43.6 Å². The van der Waals surface area contributed by atoms with Crippen LogP contribution in [-0.4, -0.2) is 18.0 Å². The minimum Gasteiger partial charge on any atom is -0.299 e. The Morgan fingerprint density at radius 3 is 2.31 bits per heavy atom. The van der Waals surface area contributed by atoms with E-state index < -0.39 is 11.6 Å². The Morgan fingerprint density at radius 2 is 1.69 bits per heavy atom. The second-order valence-corrected chi connectivity index (χ2v) is 4.09. The molecule has 0 radical (unpaired) electrons. The van der Waals surface area contributed by atoms with Gasteiger partial charge in [-0.25, -0.2) is 8.78 Å². The molecule has 1 aromatic rings. The summed E-state index contributed by atoms with van der Waals surface area (Å²) in [6, 6.07) is 4.16. The molecule has 0 atom stereocenters. The summed E-state index contributed by atoms with van der Waals surface area (Å²) in [4.78, 5) is 2.29. The molecule has 90 valence electrons. The Hall–Kier alpha value is -0.670. The van der Waals surface area contributed by atoms with Gasteiger partial charge in [0.05, 0.1) is 0 Å². The standard InChI is InChI=1S/C12H15F2N.ClH/c13-11-5-4-10(8-12(11)14)9-15-6-2-1-3-7-15;/h4-5,8H,1-3,6-7,9H2;1H. The van der Waals surface area contributed by atoms with E-state index in [4.69, 9.17) is 0 Å². The number of hydrogen-bond donors (Lipinski definition) is 0. The fraction of sp³-hybridized carbons (Fsp3) is 0.500. The normalized spacial score (nSPS) is 16.9. The molecule has 1 fully saturated rings. The number of rotatable bonds is 2. The van der Waals surface area contributed by atoms with Crippen LogP contribution in [0, 0.1) is 11.6 Å². The third-order valence-corrected chi connectivity index (χ3v) is 2.84. The first-order chi connectivity index (χ1) is 7.25. The Morgan fingerprint density at radius 1 is 1.00 bits per heavy atom.